The molecular weight excluding hydrogens is 108 g/mol. The van der Waals surface area contributed by atoms with E-state index in [0.29, 0.717) is 6.42 Å². The lowest BCUT2D eigenvalue weighted by atomic mass is 10.4. The van der Waals surface area contributed by atoms with Gasteiger partial charge in [-0.3, -0.25) is 4.79 Å². The second-order valence-corrected chi connectivity index (χ2v) is 2.05. The summed E-state index contributed by atoms with van der Waals surface area (Å²) in [7, 11) is 0. The van der Waals surface area contributed by atoms with Crippen molar-refractivity contribution in [2.75, 3.05) is 6.26 Å². The molecule has 7 heavy (non-hydrogen) atoms. The molecule has 0 atom stereocenters. The van der Waals surface area contributed by atoms with Crippen LogP contribution in [0.25, 0.3) is 0 Å². The van der Waals surface area contributed by atoms with E-state index in [2.05, 4.69) is 0 Å². The predicted molar refractivity (Wildman–Crippen MR) is 33.1 cm³/mol. The van der Waals surface area contributed by atoms with Crippen molar-refractivity contribution >= 4 is 16.9 Å². The fourth-order valence-electron chi connectivity index (χ4n) is 0.250. The van der Waals surface area contributed by atoms with Gasteiger partial charge in [-0.2, -0.15) is 0 Å². The molecule has 0 fully saturated rings. The molecule has 0 heterocycles. The topological polar surface area (TPSA) is 17.1 Å². The van der Waals surface area contributed by atoms with Crippen LogP contribution < -0.4 is 0 Å². The molecule has 0 amide bonds. The highest BCUT2D eigenvalue weighted by Crippen LogP contribution is 1.99. The van der Waals surface area contributed by atoms with Crippen LogP contribution in [0.2, 0.25) is 0 Å². The third kappa shape index (κ3) is 3.86. The van der Waals surface area contributed by atoms with Crippen LogP contribution in [0, 0.1) is 6.42 Å². The van der Waals surface area contributed by atoms with E-state index in [1.165, 1.54) is 11.8 Å². The number of thioether (sulfide) groups is 1. The minimum atomic E-state index is 0.238. The lowest BCUT2D eigenvalue weighted by molar-refractivity contribution is -0.110. The summed E-state index contributed by atoms with van der Waals surface area (Å²) in [6.45, 7) is 1.88. The van der Waals surface area contributed by atoms with Gasteiger partial charge >= 0.3 is 0 Å². The first-order valence-electron chi connectivity index (χ1n) is 2.16. The van der Waals surface area contributed by atoms with Gasteiger partial charge in [-0.15, -0.1) is 0 Å². The van der Waals surface area contributed by atoms with Crippen LogP contribution in [0.5, 0.6) is 0 Å². The standard InChI is InChI=1S/C5H9OS/c1-3-4-5(6)7-2/h3H,4H2,1-2H3. The Balaban J connectivity index is 3.00. The monoisotopic (exact) mass is 117 g/mol. The predicted octanol–water partition coefficient (Wildman–Crippen LogP) is 1.49. The van der Waals surface area contributed by atoms with E-state index in [1.807, 2.05) is 13.3 Å². The summed E-state index contributed by atoms with van der Waals surface area (Å²) in [6.07, 6.45) is 4.26. The van der Waals surface area contributed by atoms with Crippen LogP contribution in [-0.2, 0) is 4.79 Å². The van der Waals surface area contributed by atoms with Gasteiger partial charge in [-0.1, -0.05) is 18.7 Å². The van der Waals surface area contributed by atoms with Crippen LogP contribution in [-0.4, -0.2) is 11.4 Å². The third-order valence-corrected chi connectivity index (χ3v) is 1.22. The Morgan fingerprint density at radius 1 is 1.86 bits per heavy atom. The molecule has 0 N–H and O–H groups in total. The van der Waals surface area contributed by atoms with Gasteiger partial charge in [0, 0.05) is 6.42 Å². The molecular formula is C5H9OS. The third-order valence-electron chi connectivity index (χ3n) is 0.598. The highest BCUT2D eigenvalue weighted by atomic mass is 32.2. The summed E-state index contributed by atoms with van der Waals surface area (Å²) >= 11 is 1.28. The Hall–Kier alpha value is 0.0200. The van der Waals surface area contributed by atoms with Gasteiger partial charge in [0.25, 0.3) is 0 Å². The van der Waals surface area contributed by atoms with Crippen LogP contribution in [0.15, 0.2) is 0 Å². The molecule has 1 radical (unpaired) electrons. The SMILES string of the molecule is C[CH]CC(=O)SC. The van der Waals surface area contributed by atoms with E-state index in [9.17, 15) is 4.79 Å². The van der Waals surface area contributed by atoms with E-state index in [4.69, 9.17) is 0 Å². The van der Waals surface area contributed by atoms with Crippen molar-refractivity contribution in [3.63, 3.8) is 0 Å². The van der Waals surface area contributed by atoms with Gasteiger partial charge in [0.05, 0.1) is 0 Å². The maximum atomic E-state index is 10.3. The molecule has 0 aliphatic carbocycles. The minimum absolute atomic E-state index is 0.238. The Morgan fingerprint density at radius 3 is 2.57 bits per heavy atom. The van der Waals surface area contributed by atoms with E-state index < -0.39 is 0 Å². The zero-order valence-electron chi connectivity index (χ0n) is 4.60. The summed E-state index contributed by atoms with van der Waals surface area (Å²) in [6, 6.07) is 0. The summed E-state index contributed by atoms with van der Waals surface area (Å²) in [5, 5.41) is 0.238. The zero-order chi connectivity index (χ0) is 5.70. The zero-order valence-corrected chi connectivity index (χ0v) is 5.42. The van der Waals surface area contributed by atoms with Gasteiger partial charge in [0.2, 0.25) is 0 Å². The number of rotatable bonds is 2. The lowest BCUT2D eigenvalue weighted by Gasteiger charge is -1.86. The van der Waals surface area contributed by atoms with Crippen LogP contribution in [0.3, 0.4) is 0 Å². The Bertz CT molecular complexity index is 61.1. The quantitative estimate of drug-likeness (QED) is 0.545. The maximum Gasteiger partial charge on any atom is 0.188 e. The van der Waals surface area contributed by atoms with Gasteiger partial charge in [0.15, 0.2) is 5.12 Å². The smallest absolute Gasteiger partial charge is 0.188 e. The molecule has 0 aromatic heterocycles. The van der Waals surface area contributed by atoms with Crippen LogP contribution in [0.1, 0.15) is 13.3 Å². The van der Waals surface area contributed by atoms with Crippen molar-refractivity contribution in [2.24, 2.45) is 0 Å². The number of hydrogen-bond donors (Lipinski definition) is 0. The van der Waals surface area contributed by atoms with Crippen molar-refractivity contribution in [2.45, 2.75) is 13.3 Å². The van der Waals surface area contributed by atoms with Crippen molar-refractivity contribution in [1.29, 1.82) is 0 Å². The Kier molecular flexibility index (Phi) is 4.20. The van der Waals surface area contributed by atoms with Gasteiger partial charge in [-0.25, -0.2) is 0 Å². The summed E-state index contributed by atoms with van der Waals surface area (Å²) in [5.41, 5.74) is 0. The fraction of sp³-hybridized carbons (Fsp3) is 0.600. The average Bonchev–Trinajstić information content (AvgIpc) is 1.68. The molecule has 0 unspecified atom stereocenters. The molecule has 2 heteroatoms. The number of hydrogen-bond acceptors (Lipinski definition) is 2. The first-order valence-corrected chi connectivity index (χ1v) is 3.38. The Labute approximate surface area is 48.5 Å². The van der Waals surface area contributed by atoms with Gasteiger partial charge < -0.3 is 0 Å². The summed E-state index contributed by atoms with van der Waals surface area (Å²) in [4.78, 5) is 10.3. The molecule has 1 nitrogen and oxygen atoms in total. The molecule has 0 saturated carbocycles. The minimum Gasteiger partial charge on any atom is -0.287 e. The van der Waals surface area contributed by atoms with Crippen molar-refractivity contribution in [3.8, 4) is 0 Å². The van der Waals surface area contributed by atoms with Gasteiger partial charge in [0.1, 0.15) is 0 Å². The van der Waals surface area contributed by atoms with E-state index in [-0.39, 0.29) is 5.12 Å². The highest BCUT2D eigenvalue weighted by Gasteiger charge is 1.92. The first kappa shape index (κ1) is 7.02. The molecule has 0 bridgehead atoms. The highest BCUT2D eigenvalue weighted by molar-refractivity contribution is 8.13. The second-order valence-electron chi connectivity index (χ2n) is 1.19. The fourth-order valence-corrected chi connectivity index (χ4v) is 0.583. The molecule has 0 aliphatic rings. The molecule has 0 aromatic carbocycles. The van der Waals surface area contributed by atoms with Crippen molar-refractivity contribution < 1.29 is 4.79 Å². The molecule has 0 saturated heterocycles. The van der Waals surface area contributed by atoms with E-state index in [1.54, 1.807) is 6.26 Å². The van der Waals surface area contributed by atoms with Crippen LogP contribution >= 0.6 is 11.8 Å². The van der Waals surface area contributed by atoms with E-state index in [0.717, 1.165) is 0 Å². The number of carbonyl (C=O) groups is 1. The number of carbonyl (C=O) groups excluding carboxylic acids is 1. The molecule has 0 aromatic rings. The molecule has 0 aliphatic heterocycles. The maximum absolute atomic E-state index is 10.3. The lowest BCUT2D eigenvalue weighted by Crippen LogP contribution is -1.86. The van der Waals surface area contributed by atoms with Crippen molar-refractivity contribution in [3.05, 3.63) is 6.42 Å². The first-order chi connectivity index (χ1) is 3.31. The largest absolute Gasteiger partial charge is 0.287 e. The second kappa shape index (κ2) is 4.19. The van der Waals surface area contributed by atoms with E-state index >= 15 is 0 Å². The summed E-state index contributed by atoms with van der Waals surface area (Å²) < 4.78 is 0. The summed E-state index contributed by atoms with van der Waals surface area (Å²) in [5.74, 6) is 0. The van der Waals surface area contributed by atoms with Crippen LogP contribution in [0.4, 0.5) is 0 Å². The normalized spacial score (nSPS) is 8.86. The molecule has 0 spiro atoms. The Morgan fingerprint density at radius 2 is 2.43 bits per heavy atom. The average molecular weight is 117 g/mol. The van der Waals surface area contributed by atoms with Crippen molar-refractivity contribution in [1.82, 2.24) is 0 Å². The molecule has 0 rings (SSSR count). The van der Waals surface area contributed by atoms with Gasteiger partial charge in [-0.05, 0) is 12.7 Å². The molecule has 41 valence electrons.